The molecule has 0 aliphatic heterocycles. The number of ether oxygens (including phenoxy) is 1. The molecule has 1 heterocycles. The van der Waals surface area contributed by atoms with E-state index < -0.39 is 0 Å². The predicted molar refractivity (Wildman–Crippen MR) is 78.1 cm³/mol. The van der Waals surface area contributed by atoms with Gasteiger partial charge in [-0.1, -0.05) is 25.4 Å². The monoisotopic (exact) mass is 278 g/mol. The average Bonchev–Trinajstić information content (AvgIpc) is 2.81. The molecule has 102 valence electrons. The molecule has 0 saturated carbocycles. The summed E-state index contributed by atoms with van der Waals surface area (Å²) in [5.74, 6) is 0.847. The molecule has 0 unspecified atom stereocenters. The minimum Gasteiger partial charge on any atom is -0.496 e. The lowest BCUT2D eigenvalue weighted by molar-refractivity contribution is 0.407. The van der Waals surface area contributed by atoms with Gasteiger partial charge in [-0.2, -0.15) is 5.10 Å². The van der Waals surface area contributed by atoms with Crippen LogP contribution in [0.5, 0.6) is 5.75 Å². The summed E-state index contributed by atoms with van der Waals surface area (Å²) in [5, 5.41) is 5.34. The Balaban J connectivity index is 2.34. The summed E-state index contributed by atoms with van der Waals surface area (Å²) in [6.07, 6.45) is 1.92. The van der Waals surface area contributed by atoms with E-state index in [1.807, 2.05) is 22.9 Å². The molecular formula is C15H19ClN2O. The number of hydrogen-bond acceptors (Lipinski definition) is 2. The maximum absolute atomic E-state index is 6.06. The van der Waals surface area contributed by atoms with Gasteiger partial charge in [-0.05, 0) is 37.1 Å². The number of hydrogen-bond donors (Lipinski definition) is 0. The van der Waals surface area contributed by atoms with Crippen LogP contribution in [-0.4, -0.2) is 16.9 Å². The van der Waals surface area contributed by atoms with Gasteiger partial charge in [-0.3, -0.25) is 4.68 Å². The summed E-state index contributed by atoms with van der Waals surface area (Å²) >= 11 is 6.06. The van der Waals surface area contributed by atoms with E-state index in [1.165, 1.54) is 5.69 Å². The molecule has 0 fully saturated rings. The molecule has 1 aromatic heterocycles. The average molecular weight is 279 g/mol. The third-order valence-electron chi connectivity index (χ3n) is 3.20. The summed E-state index contributed by atoms with van der Waals surface area (Å²) in [7, 11) is 1.67. The molecule has 0 N–H and O–H groups in total. The van der Waals surface area contributed by atoms with E-state index in [2.05, 4.69) is 25.0 Å². The van der Waals surface area contributed by atoms with Crippen molar-refractivity contribution in [2.24, 2.45) is 0 Å². The van der Waals surface area contributed by atoms with Crippen molar-refractivity contribution in [3.8, 4) is 5.75 Å². The molecule has 2 aromatic rings. The molecule has 0 spiro atoms. The van der Waals surface area contributed by atoms with Gasteiger partial charge >= 0.3 is 0 Å². The van der Waals surface area contributed by atoms with E-state index in [1.54, 1.807) is 7.11 Å². The number of benzene rings is 1. The Labute approximate surface area is 119 Å². The zero-order chi connectivity index (χ0) is 13.8. The summed E-state index contributed by atoms with van der Waals surface area (Å²) in [4.78, 5) is 0. The minimum absolute atomic E-state index is 0.687. The molecular weight excluding hydrogens is 260 g/mol. The molecule has 1 aromatic carbocycles. The van der Waals surface area contributed by atoms with E-state index in [-0.39, 0.29) is 0 Å². The molecule has 0 amide bonds. The second-order valence-electron chi connectivity index (χ2n) is 4.45. The van der Waals surface area contributed by atoms with Gasteiger partial charge in [-0.15, -0.1) is 0 Å². The van der Waals surface area contributed by atoms with Gasteiger partial charge in [0, 0.05) is 16.3 Å². The minimum atomic E-state index is 0.687. The fraction of sp³-hybridized carbons (Fsp3) is 0.400. The smallest absolute Gasteiger partial charge is 0.124 e. The van der Waals surface area contributed by atoms with Crippen molar-refractivity contribution in [1.82, 2.24) is 9.78 Å². The highest BCUT2D eigenvalue weighted by Crippen LogP contribution is 2.24. The normalized spacial score (nSPS) is 10.7. The van der Waals surface area contributed by atoms with Crippen LogP contribution in [0.3, 0.4) is 0 Å². The highest BCUT2D eigenvalue weighted by Gasteiger charge is 2.09. The Bertz CT molecular complexity index is 563. The van der Waals surface area contributed by atoms with Crippen LogP contribution in [0.25, 0.3) is 0 Å². The van der Waals surface area contributed by atoms with Gasteiger partial charge in [0.05, 0.1) is 19.3 Å². The SMILES string of the molecule is CCc1cc(CC)n(Cc2cc(Cl)ccc2OC)n1. The molecule has 0 aliphatic carbocycles. The predicted octanol–water partition coefficient (Wildman–Crippen LogP) is 3.72. The highest BCUT2D eigenvalue weighted by atomic mass is 35.5. The Morgan fingerprint density at radius 2 is 2.00 bits per heavy atom. The highest BCUT2D eigenvalue weighted by molar-refractivity contribution is 6.30. The van der Waals surface area contributed by atoms with Crippen molar-refractivity contribution in [1.29, 1.82) is 0 Å². The van der Waals surface area contributed by atoms with Crippen molar-refractivity contribution in [3.63, 3.8) is 0 Å². The number of halogens is 1. The zero-order valence-electron chi connectivity index (χ0n) is 11.6. The van der Waals surface area contributed by atoms with Crippen LogP contribution >= 0.6 is 11.6 Å². The van der Waals surface area contributed by atoms with Crippen LogP contribution in [0.1, 0.15) is 30.8 Å². The first-order valence-electron chi connectivity index (χ1n) is 6.56. The van der Waals surface area contributed by atoms with Gasteiger partial charge in [0.2, 0.25) is 0 Å². The fourth-order valence-corrected chi connectivity index (χ4v) is 2.34. The van der Waals surface area contributed by atoms with Crippen molar-refractivity contribution < 1.29 is 4.74 Å². The van der Waals surface area contributed by atoms with Gasteiger partial charge in [0.1, 0.15) is 5.75 Å². The van der Waals surface area contributed by atoms with Crippen LogP contribution in [0.2, 0.25) is 5.02 Å². The first-order valence-corrected chi connectivity index (χ1v) is 6.93. The third-order valence-corrected chi connectivity index (χ3v) is 3.44. The standard InChI is InChI=1S/C15H19ClN2O/c1-4-13-9-14(5-2)18(17-13)10-11-8-12(16)6-7-15(11)19-3/h6-9H,4-5,10H2,1-3H3. The quantitative estimate of drug-likeness (QED) is 0.833. The number of methoxy groups -OCH3 is 1. The Hall–Kier alpha value is -1.48. The van der Waals surface area contributed by atoms with E-state index in [9.17, 15) is 0 Å². The van der Waals surface area contributed by atoms with E-state index >= 15 is 0 Å². The second kappa shape index (κ2) is 6.11. The van der Waals surface area contributed by atoms with Crippen molar-refractivity contribution in [2.75, 3.05) is 7.11 Å². The number of aromatic nitrogens is 2. The topological polar surface area (TPSA) is 27.1 Å². The first-order chi connectivity index (χ1) is 9.17. The van der Waals surface area contributed by atoms with Crippen LogP contribution in [-0.2, 0) is 19.4 Å². The fourth-order valence-electron chi connectivity index (χ4n) is 2.14. The molecule has 3 nitrogen and oxygen atoms in total. The van der Waals surface area contributed by atoms with E-state index in [0.29, 0.717) is 6.54 Å². The van der Waals surface area contributed by atoms with Gasteiger partial charge in [0.15, 0.2) is 0 Å². The number of nitrogens with zero attached hydrogens (tertiary/aromatic N) is 2. The zero-order valence-corrected chi connectivity index (χ0v) is 12.4. The maximum Gasteiger partial charge on any atom is 0.124 e. The number of aryl methyl sites for hydroxylation is 2. The molecule has 2 rings (SSSR count). The Morgan fingerprint density at radius 1 is 1.21 bits per heavy atom. The van der Waals surface area contributed by atoms with Crippen molar-refractivity contribution in [2.45, 2.75) is 33.2 Å². The molecule has 0 radical (unpaired) electrons. The van der Waals surface area contributed by atoms with Gasteiger partial charge < -0.3 is 4.74 Å². The molecule has 0 aliphatic rings. The van der Waals surface area contributed by atoms with Crippen LogP contribution < -0.4 is 4.74 Å². The van der Waals surface area contributed by atoms with Crippen molar-refractivity contribution in [3.05, 3.63) is 46.2 Å². The number of rotatable bonds is 5. The molecule has 0 saturated heterocycles. The van der Waals surface area contributed by atoms with Gasteiger partial charge in [0.25, 0.3) is 0 Å². The van der Waals surface area contributed by atoms with E-state index in [4.69, 9.17) is 16.3 Å². The second-order valence-corrected chi connectivity index (χ2v) is 4.88. The van der Waals surface area contributed by atoms with Gasteiger partial charge in [-0.25, -0.2) is 0 Å². The van der Waals surface area contributed by atoms with Crippen LogP contribution in [0.15, 0.2) is 24.3 Å². The lowest BCUT2D eigenvalue weighted by atomic mass is 10.2. The van der Waals surface area contributed by atoms with Crippen LogP contribution in [0, 0.1) is 0 Å². The molecule has 19 heavy (non-hydrogen) atoms. The largest absolute Gasteiger partial charge is 0.496 e. The third kappa shape index (κ3) is 3.10. The Kier molecular flexibility index (Phi) is 4.48. The molecule has 4 heteroatoms. The van der Waals surface area contributed by atoms with E-state index in [0.717, 1.165) is 34.9 Å². The molecule has 0 atom stereocenters. The van der Waals surface area contributed by atoms with Crippen LogP contribution in [0.4, 0.5) is 0 Å². The summed E-state index contributed by atoms with van der Waals surface area (Å²) in [6.45, 7) is 4.95. The lowest BCUT2D eigenvalue weighted by Crippen LogP contribution is -2.07. The molecule has 0 bridgehead atoms. The maximum atomic E-state index is 6.06. The van der Waals surface area contributed by atoms with Crippen molar-refractivity contribution >= 4 is 11.6 Å². The summed E-state index contributed by atoms with van der Waals surface area (Å²) in [6, 6.07) is 7.84. The summed E-state index contributed by atoms with van der Waals surface area (Å²) in [5.41, 5.74) is 3.41. The lowest BCUT2D eigenvalue weighted by Gasteiger charge is -2.11. The first kappa shape index (κ1) is 13.9. The summed E-state index contributed by atoms with van der Waals surface area (Å²) < 4.78 is 7.41. The Morgan fingerprint density at radius 3 is 2.63 bits per heavy atom.